The molecule has 0 aliphatic heterocycles. The molecule has 0 fully saturated rings. The average molecular weight is 548 g/mol. The largest absolute Gasteiger partial charge is 0.497 e. The lowest BCUT2D eigenvalue weighted by atomic mass is 9.87. The lowest BCUT2D eigenvalue weighted by Crippen LogP contribution is -2.50. The Morgan fingerprint density at radius 1 is 1.09 bits per heavy atom. The molecule has 0 saturated heterocycles. The molecule has 2 aromatic rings. The molecule has 2 rings (SSSR count). The number of carbonyl (C=O) groups excluding carboxylic acids is 2. The lowest BCUT2D eigenvalue weighted by Gasteiger charge is -2.31. The molecule has 1 N–H and O–H groups in total. The Balaban J connectivity index is 2.23. The molecule has 1 atom stereocenters. The summed E-state index contributed by atoms with van der Waals surface area (Å²) in [6.45, 7) is 13.1. The van der Waals surface area contributed by atoms with Crippen molar-refractivity contribution in [3.05, 3.63) is 58.1 Å². The van der Waals surface area contributed by atoms with E-state index in [0.717, 1.165) is 21.3 Å². The minimum Gasteiger partial charge on any atom is -0.497 e. The first-order chi connectivity index (χ1) is 16.5. The summed E-state index contributed by atoms with van der Waals surface area (Å²) in [7, 11) is 1.61. The van der Waals surface area contributed by atoms with Crippen LogP contribution in [0.3, 0.4) is 0 Å². The molecule has 0 heterocycles. The number of hydrogen-bond donors (Lipinski definition) is 1. The van der Waals surface area contributed by atoms with Crippen LogP contribution in [0.15, 0.2) is 46.9 Å². The number of halogens is 1. The highest BCUT2D eigenvalue weighted by Crippen LogP contribution is 2.31. The smallest absolute Gasteiger partial charge is 0.261 e. The van der Waals surface area contributed by atoms with Crippen LogP contribution in [0.1, 0.15) is 59.1 Å². The van der Waals surface area contributed by atoms with E-state index in [4.69, 9.17) is 9.47 Å². The van der Waals surface area contributed by atoms with Gasteiger partial charge in [-0.2, -0.15) is 0 Å². The zero-order valence-electron chi connectivity index (χ0n) is 22.0. The van der Waals surface area contributed by atoms with Crippen LogP contribution in [0.5, 0.6) is 11.5 Å². The number of benzene rings is 2. The average Bonchev–Trinajstić information content (AvgIpc) is 2.81. The van der Waals surface area contributed by atoms with Gasteiger partial charge >= 0.3 is 0 Å². The number of ether oxygens (including phenoxy) is 2. The van der Waals surface area contributed by atoms with Crippen molar-refractivity contribution in [3.8, 4) is 11.5 Å². The topological polar surface area (TPSA) is 67.9 Å². The lowest BCUT2D eigenvalue weighted by molar-refractivity contribution is -0.143. The molecule has 0 aromatic heterocycles. The normalized spacial score (nSPS) is 12.3. The molecule has 0 spiro atoms. The summed E-state index contributed by atoms with van der Waals surface area (Å²) < 4.78 is 11.9. The van der Waals surface area contributed by atoms with E-state index in [1.165, 1.54) is 0 Å². The Kier molecular flexibility index (Phi) is 10.6. The van der Waals surface area contributed by atoms with Crippen molar-refractivity contribution in [1.82, 2.24) is 10.2 Å². The molecule has 7 heteroatoms. The van der Waals surface area contributed by atoms with Gasteiger partial charge in [0, 0.05) is 13.1 Å². The number of nitrogens with zero attached hydrogens (tertiary/aromatic N) is 1. The third-order valence-electron chi connectivity index (χ3n) is 5.73. The maximum atomic E-state index is 13.4. The summed E-state index contributed by atoms with van der Waals surface area (Å²) >= 11 is 3.57. The van der Waals surface area contributed by atoms with Gasteiger partial charge in [0.1, 0.15) is 17.5 Å². The first-order valence-electron chi connectivity index (χ1n) is 12.1. The third-order valence-corrected chi connectivity index (χ3v) is 6.35. The van der Waals surface area contributed by atoms with E-state index in [1.54, 1.807) is 12.0 Å². The highest BCUT2D eigenvalue weighted by atomic mass is 79.9. The van der Waals surface area contributed by atoms with Crippen molar-refractivity contribution in [1.29, 1.82) is 0 Å². The minimum absolute atomic E-state index is 0.00370. The number of rotatable bonds is 11. The van der Waals surface area contributed by atoms with Gasteiger partial charge in [0.25, 0.3) is 5.91 Å². The molecule has 2 aromatic carbocycles. The Morgan fingerprint density at radius 2 is 1.74 bits per heavy atom. The fourth-order valence-electron chi connectivity index (χ4n) is 3.58. The van der Waals surface area contributed by atoms with Crippen molar-refractivity contribution >= 4 is 27.7 Å². The summed E-state index contributed by atoms with van der Waals surface area (Å²) in [6, 6.07) is 12.8. The van der Waals surface area contributed by atoms with Gasteiger partial charge in [-0.05, 0) is 69.1 Å². The molecule has 0 aliphatic carbocycles. The molecule has 6 nitrogen and oxygen atoms in total. The second-order valence-electron chi connectivity index (χ2n) is 10.1. The van der Waals surface area contributed by atoms with Crippen LogP contribution in [0.2, 0.25) is 0 Å². The number of nitrogens with one attached hydrogen (secondary N) is 1. The molecule has 35 heavy (non-hydrogen) atoms. The van der Waals surface area contributed by atoms with Gasteiger partial charge in [0.05, 0.1) is 11.6 Å². The molecule has 192 valence electrons. The molecule has 0 radical (unpaired) electrons. The first-order valence-corrected chi connectivity index (χ1v) is 12.9. The van der Waals surface area contributed by atoms with Gasteiger partial charge in [-0.1, -0.05) is 59.7 Å². The quantitative estimate of drug-likeness (QED) is 0.391. The molecule has 1 unspecified atom stereocenters. The summed E-state index contributed by atoms with van der Waals surface area (Å²) in [5, 5.41) is 2.97. The summed E-state index contributed by atoms with van der Waals surface area (Å²) in [4.78, 5) is 28.0. The maximum Gasteiger partial charge on any atom is 0.261 e. The van der Waals surface area contributed by atoms with Crippen molar-refractivity contribution in [3.63, 3.8) is 0 Å². The van der Waals surface area contributed by atoms with Gasteiger partial charge in [0.2, 0.25) is 5.91 Å². The molecule has 0 aliphatic rings. The number of carbonyl (C=O) groups is 2. The second-order valence-corrected chi connectivity index (χ2v) is 11.0. The van der Waals surface area contributed by atoms with Gasteiger partial charge < -0.3 is 19.7 Å². The fourth-order valence-corrected chi connectivity index (χ4v) is 4.07. The van der Waals surface area contributed by atoms with Crippen LogP contribution in [-0.4, -0.2) is 43.0 Å². The molecule has 0 saturated carbocycles. The minimum atomic E-state index is -0.598. The Bertz CT molecular complexity index is 983. The van der Waals surface area contributed by atoms with E-state index in [9.17, 15) is 9.59 Å². The van der Waals surface area contributed by atoms with Crippen LogP contribution in [-0.2, 0) is 21.5 Å². The van der Waals surface area contributed by atoms with E-state index in [1.807, 2.05) is 63.2 Å². The van der Waals surface area contributed by atoms with Gasteiger partial charge in [-0.15, -0.1) is 0 Å². The molecule has 0 bridgehead atoms. The highest BCUT2D eigenvalue weighted by Gasteiger charge is 2.29. The summed E-state index contributed by atoms with van der Waals surface area (Å²) in [5.74, 6) is 1.24. The molecular formula is C28H39BrN2O4. The summed E-state index contributed by atoms with van der Waals surface area (Å²) in [6.07, 6.45) is 0.496. The SMILES string of the molecule is CCC(C(=O)NCC(C)C)N(Cc1ccc(OC)cc1)C(=O)COc1ccc(C(C)(C)C)cc1Br. The Hall–Kier alpha value is -2.54. The molecule has 2 amide bonds. The predicted octanol–water partition coefficient (Wildman–Crippen LogP) is 5.71. The van der Waals surface area contributed by atoms with Crippen LogP contribution in [0.4, 0.5) is 0 Å². The van der Waals surface area contributed by atoms with Crippen LogP contribution in [0, 0.1) is 5.92 Å². The monoisotopic (exact) mass is 546 g/mol. The van der Waals surface area contributed by atoms with Crippen molar-refractivity contribution in [2.75, 3.05) is 20.3 Å². The fraction of sp³-hybridized carbons (Fsp3) is 0.500. The number of methoxy groups -OCH3 is 1. The third kappa shape index (κ3) is 8.57. The number of amides is 2. The number of hydrogen-bond acceptors (Lipinski definition) is 4. The van der Waals surface area contributed by atoms with Crippen LogP contribution >= 0.6 is 15.9 Å². The van der Waals surface area contributed by atoms with E-state index in [-0.39, 0.29) is 23.8 Å². The Labute approximate surface area is 218 Å². The van der Waals surface area contributed by atoms with Crippen molar-refractivity contribution in [2.45, 2.75) is 66.0 Å². The van der Waals surface area contributed by atoms with E-state index < -0.39 is 6.04 Å². The van der Waals surface area contributed by atoms with Gasteiger partial charge in [0.15, 0.2) is 6.61 Å². The zero-order valence-corrected chi connectivity index (χ0v) is 23.6. The standard InChI is InChI=1S/C28H39BrN2O4/c1-8-24(27(33)30-16-19(2)3)31(17-20-9-12-22(34-7)13-10-20)26(32)18-35-25-14-11-21(15-23(25)29)28(4,5)6/h9-15,19,24H,8,16-18H2,1-7H3,(H,30,33). The second kappa shape index (κ2) is 13.0. The summed E-state index contributed by atoms with van der Waals surface area (Å²) in [5.41, 5.74) is 2.08. The van der Waals surface area contributed by atoms with Crippen LogP contribution < -0.4 is 14.8 Å². The van der Waals surface area contributed by atoms with E-state index in [0.29, 0.717) is 31.2 Å². The van der Waals surface area contributed by atoms with Gasteiger partial charge in [-0.3, -0.25) is 9.59 Å². The van der Waals surface area contributed by atoms with E-state index >= 15 is 0 Å². The van der Waals surface area contributed by atoms with E-state index in [2.05, 4.69) is 42.0 Å². The first kappa shape index (κ1) is 28.7. The van der Waals surface area contributed by atoms with Crippen molar-refractivity contribution in [2.24, 2.45) is 5.92 Å². The molecular weight excluding hydrogens is 508 g/mol. The zero-order chi connectivity index (χ0) is 26.2. The Morgan fingerprint density at radius 3 is 2.26 bits per heavy atom. The predicted molar refractivity (Wildman–Crippen MR) is 144 cm³/mol. The van der Waals surface area contributed by atoms with Crippen molar-refractivity contribution < 1.29 is 19.1 Å². The van der Waals surface area contributed by atoms with Crippen LogP contribution in [0.25, 0.3) is 0 Å². The maximum absolute atomic E-state index is 13.4. The highest BCUT2D eigenvalue weighted by molar-refractivity contribution is 9.10. The van der Waals surface area contributed by atoms with Gasteiger partial charge in [-0.25, -0.2) is 0 Å².